The van der Waals surface area contributed by atoms with E-state index in [1.54, 1.807) is 13.0 Å². The monoisotopic (exact) mass is 396 g/mol. The molecule has 2 aromatic rings. The number of hydrogen-bond donors (Lipinski definition) is 2. The number of alkyl halides is 3. The number of hydrogen-bond acceptors (Lipinski definition) is 3. The van der Waals surface area contributed by atoms with Gasteiger partial charge in [-0.05, 0) is 49.6 Å². The standard InChI is InChI=1S/C19H20F4N4O/c1-11-6-7-24-17(25-11)16(27-18(28)26-15-4-2-3-5-15)12-8-13(19(21,22)23)10-14(20)9-12/h6-10,15-16H,2-5H2,1H3,(H2,26,27,28)/t16-/m0/s1. The van der Waals surface area contributed by atoms with Crippen molar-refractivity contribution < 1.29 is 22.4 Å². The Morgan fingerprint density at radius 2 is 1.93 bits per heavy atom. The number of amides is 2. The second-order valence-corrected chi connectivity index (χ2v) is 6.86. The lowest BCUT2D eigenvalue weighted by Crippen LogP contribution is -2.43. The van der Waals surface area contributed by atoms with Crippen LogP contribution in [0.3, 0.4) is 0 Å². The van der Waals surface area contributed by atoms with Gasteiger partial charge in [0.1, 0.15) is 11.9 Å². The molecule has 1 fully saturated rings. The van der Waals surface area contributed by atoms with Gasteiger partial charge in [-0.15, -0.1) is 0 Å². The molecule has 1 aliphatic carbocycles. The molecule has 0 saturated heterocycles. The van der Waals surface area contributed by atoms with E-state index in [4.69, 9.17) is 0 Å². The van der Waals surface area contributed by atoms with Gasteiger partial charge in [0.2, 0.25) is 0 Å². The molecular weight excluding hydrogens is 376 g/mol. The predicted octanol–water partition coefficient (Wildman–Crippen LogP) is 4.27. The zero-order valence-electron chi connectivity index (χ0n) is 15.2. The maximum absolute atomic E-state index is 13.9. The maximum Gasteiger partial charge on any atom is 0.416 e. The summed E-state index contributed by atoms with van der Waals surface area (Å²) in [5.41, 5.74) is -0.655. The first-order valence-electron chi connectivity index (χ1n) is 8.96. The average Bonchev–Trinajstić information content (AvgIpc) is 3.11. The van der Waals surface area contributed by atoms with Gasteiger partial charge in [-0.1, -0.05) is 12.8 Å². The summed E-state index contributed by atoms with van der Waals surface area (Å²) in [4.78, 5) is 20.7. The minimum atomic E-state index is -4.72. The lowest BCUT2D eigenvalue weighted by atomic mass is 10.0. The second kappa shape index (κ2) is 8.12. The Morgan fingerprint density at radius 1 is 1.21 bits per heavy atom. The summed E-state index contributed by atoms with van der Waals surface area (Å²) >= 11 is 0. The number of carbonyl (C=O) groups excluding carboxylic acids is 1. The molecule has 1 aromatic carbocycles. The fraction of sp³-hybridized carbons (Fsp3) is 0.421. The SMILES string of the molecule is Cc1ccnc([C@@H](NC(=O)NC2CCCC2)c2cc(F)cc(C(F)(F)F)c2)n1. The number of rotatable bonds is 4. The Bertz CT molecular complexity index is 850. The highest BCUT2D eigenvalue weighted by Crippen LogP contribution is 2.32. The van der Waals surface area contributed by atoms with Gasteiger partial charge in [0, 0.05) is 17.9 Å². The van der Waals surface area contributed by atoms with E-state index in [0.29, 0.717) is 11.8 Å². The fourth-order valence-electron chi connectivity index (χ4n) is 3.28. The number of nitrogens with one attached hydrogen (secondary N) is 2. The van der Waals surface area contributed by atoms with Gasteiger partial charge in [0.05, 0.1) is 5.56 Å². The average molecular weight is 396 g/mol. The molecule has 1 heterocycles. The fourth-order valence-corrected chi connectivity index (χ4v) is 3.28. The first kappa shape index (κ1) is 20.0. The molecule has 1 saturated carbocycles. The van der Waals surface area contributed by atoms with Crippen LogP contribution < -0.4 is 10.6 Å². The summed E-state index contributed by atoms with van der Waals surface area (Å²) in [5, 5.41) is 5.40. The molecule has 28 heavy (non-hydrogen) atoms. The molecule has 1 aromatic heterocycles. The van der Waals surface area contributed by atoms with Gasteiger partial charge in [0.25, 0.3) is 0 Å². The van der Waals surface area contributed by atoms with E-state index in [2.05, 4.69) is 20.6 Å². The van der Waals surface area contributed by atoms with E-state index in [1.165, 1.54) is 6.20 Å². The normalized spacial score (nSPS) is 16.0. The van der Waals surface area contributed by atoms with Crippen LogP contribution in [0.4, 0.5) is 22.4 Å². The number of halogens is 4. The highest BCUT2D eigenvalue weighted by Gasteiger charge is 2.33. The summed E-state index contributed by atoms with van der Waals surface area (Å²) in [6.07, 6.45) is 0.420. The molecule has 5 nitrogen and oxygen atoms in total. The molecule has 3 rings (SSSR count). The minimum absolute atomic E-state index is 0.0114. The van der Waals surface area contributed by atoms with Crippen molar-refractivity contribution in [3.8, 4) is 0 Å². The van der Waals surface area contributed by atoms with E-state index < -0.39 is 29.6 Å². The molecule has 0 spiro atoms. The molecule has 0 unspecified atom stereocenters. The van der Waals surface area contributed by atoms with Crippen LogP contribution >= 0.6 is 0 Å². The molecule has 2 amide bonds. The van der Waals surface area contributed by atoms with Gasteiger partial charge in [-0.25, -0.2) is 19.2 Å². The third-order valence-corrected chi connectivity index (χ3v) is 4.62. The number of aryl methyl sites for hydroxylation is 1. The Morgan fingerprint density at radius 3 is 2.57 bits per heavy atom. The molecular formula is C19H20F4N4O. The molecule has 1 aliphatic rings. The van der Waals surface area contributed by atoms with Gasteiger partial charge in [-0.2, -0.15) is 13.2 Å². The Labute approximate surface area is 159 Å². The zero-order chi connectivity index (χ0) is 20.3. The highest BCUT2D eigenvalue weighted by atomic mass is 19.4. The van der Waals surface area contributed by atoms with Crippen molar-refractivity contribution in [1.82, 2.24) is 20.6 Å². The minimum Gasteiger partial charge on any atom is -0.335 e. The third-order valence-electron chi connectivity index (χ3n) is 4.62. The predicted molar refractivity (Wildman–Crippen MR) is 93.9 cm³/mol. The smallest absolute Gasteiger partial charge is 0.335 e. The molecule has 1 atom stereocenters. The van der Waals surface area contributed by atoms with Gasteiger partial charge >= 0.3 is 12.2 Å². The summed E-state index contributed by atoms with van der Waals surface area (Å²) in [6, 6.07) is 2.11. The highest BCUT2D eigenvalue weighted by molar-refractivity contribution is 5.75. The van der Waals surface area contributed by atoms with Crippen LogP contribution in [0.1, 0.15) is 54.4 Å². The van der Waals surface area contributed by atoms with Crippen LogP contribution in [0.5, 0.6) is 0 Å². The lowest BCUT2D eigenvalue weighted by Gasteiger charge is -2.21. The third kappa shape index (κ3) is 4.96. The lowest BCUT2D eigenvalue weighted by molar-refractivity contribution is -0.137. The summed E-state index contributed by atoms with van der Waals surface area (Å²) in [6.45, 7) is 1.69. The number of benzene rings is 1. The molecule has 150 valence electrons. The van der Waals surface area contributed by atoms with E-state index in [0.717, 1.165) is 37.8 Å². The van der Waals surface area contributed by atoms with E-state index in [1.807, 2.05) is 0 Å². The van der Waals surface area contributed by atoms with E-state index in [9.17, 15) is 22.4 Å². The van der Waals surface area contributed by atoms with Gasteiger partial charge in [-0.3, -0.25) is 0 Å². The van der Waals surface area contributed by atoms with Crippen molar-refractivity contribution >= 4 is 6.03 Å². The largest absolute Gasteiger partial charge is 0.416 e. The van der Waals surface area contributed by atoms with Crippen LogP contribution in [-0.2, 0) is 6.18 Å². The molecule has 0 radical (unpaired) electrons. The van der Waals surface area contributed by atoms with Crippen LogP contribution in [0.15, 0.2) is 30.5 Å². The Kier molecular flexibility index (Phi) is 5.81. The van der Waals surface area contributed by atoms with Crippen molar-refractivity contribution in [3.63, 3.8) is 0 Å². The van der Waals surface area contributed by atoms with E-state index in [-0.39, 0.29) is 17.4 Å². The first-order chi connectivity index (χ1) is 13.2. The molecule has 9 heteroatoms. The van der Waals surface area contributed by atoms with Crippen molar-refractivity contribution in [2.45, 2.75) is 50.9 Å². The number of nitrogens with zero attached hydrogens (tertiary/aromatic N) is 2. The Hall–Kier alpha value is -2.71. The summed E-state index contributed by atoms with van der Waals surface area (Å²) < 4.78 is 53.2. The molecule has 0 aliphatic heterocycles. The van der Waals surface area contributed by atoms with Crippen molar-refractivity contribution in [2.24, 2.45) is 0 Å². The molecule has 0 bridgehead atoms. The molecule has 2 N–H and O–H groups in total. The zero-order valence-corrected chi connectivity index (χ0v) is 15.2. The first-order valence-corrected chi connectivity index (χ1v) is 8.96. The van der Waals surface area contributed by atoms with E-state index >= 15 is 0 Å². The van der Waals surface area contributed by atoms with Crippen molar-refractivity contribution in [2.75, 3.05) is 0 Å². The summed E-state index contributed by atoms with van der Waals surface area (Å²) in [5.74, 6) is -0.972. The van der Waals surface area contributed by atoms with Crippen LogP contribution in [0.2, 0.25) is 0 Å². The number of carbonyl (C=O) groups is 1. The number of urea groups is 1. The van der Waals surface area contributed by atoms with Crippen LogP contribution in [-0.4, -0.2) is 22.0 Å². The maximum atomic E-state index is 13.9. The topological polar surface area (TPSA) is 66.9 Å². The van der Waals surface area contributed by atoms with Crippen LogP contribution in [0.25, 0.3) is 0 Å². The summed E-state index contributed by atoms with van der Waals surface area (Å²) in [7, 11) is 0. The van der Waals surface area contributed by atoms with Gasteiger partial charge in [0.15, 0.2) is 5.82 Å². The van der Waals surface area contributed by atoms with Gasteiger partial charge < -0.3 is 10.6 Å². The van der Waals surface area contributed by atoms with Crippen LogP contribution in [0, 0.1) is 12.7 Å². The van der Waals surface area contributed by atoms with Crippen molar-refractivity contribution in [3.05, 3.63) is 58.9 Å². The Balaban J connectivity index is 1.94. The van der Waals surface area contributed by atoms with Crippen molar-refractivity contribution in [1.29, 1.82) is 0 Å². The quantitative estimate of drug-likeness (QED) is 0.759. The number of aromatic nitrogens is 2. The second-order valence-electron chi connectivity index (χ2n) is 6.86.